The summed E-state index contributed by atoms with van der Waals surface area (Å²) in [5.41, 5.74) is 4.53. The van der Waals surface area contributed by atoms with Crippen molar-refractivity contribution in [3.63, 3.8) is 0 Å². The number of carbonyl (C=O) groups excluding carboxylic acids is 1. The molecule has 0 fully saturated rings. The van der Waals surface area contributed by atoms with Gasteiger partial charge in [-0.25, -0.2) is 14.8 Å². The van der Waals surface area contributed by atoms with Crippen molar-refractivity contribution in [2.75, 3.05) is 19.0 Å². The van der Waals surface area contributed by atoms with E-state index in [-0.39, 0.29) is 6.03 Å². The topological polar surface area (TPSA) is 67.4 Å². The zero-order valence-corrected chi connectivity index (χ0v) is 17.0. The van der Waals surface area contributed by atoms with Crippen molar-refractivity contribution >= 4 is 23.3 Å². The molecule has 4 rings (SSSR count). The van der Waals surface area contributed by atoms with E-state index in [4.69, 9.17) is 16.3 Å². The smallest absolute Gasteiger partial charge is 0.322 e. The predicted molar refractivity (Wildman–Crippen MR) is 113 cm³/mol. The number of methoxy groups -OCH3 is 1. The van der Waals surface area contributed by atoms with E-state index in [1.165, 1.54) is 0 Å². The number of nitrogens with one attached hydrogen (secondary N) is 1. The van der Waals surface area contributed by atoms with Crippen molar-refractivity contribution in [1.82, 2.24) is 14.9 Å². The first-order valence-electron chi connectivity index (χ1n) is 9.36. The number of urea groups is 1. The van der Waals surface area contributed by atoms with E-state index < -0.39 is 0 Å². The lowest BCUT2D eigenvalue weighted by Crippen LogP contribution is -2.39. The number of rotatable bonds is 3. The summed E-state index contributed by atoms with van der Waals surface area (Å²) < 4.78 is 5.25. The van der Waals surface area contributed by atoms with Crippen molar-refractivity contribution in [2.24, 2.45) is 0 Å². The molecule has 0 spiro atoms. The fraction of sp³-hybridized carbons (Fsp3) is 0.227. The van der Waals surface area contributed by atoms with Crippen molar-refractivity contribution in [3.8, 4) is 17.0 Å². The van der Waals surface area contributed by atoms with Gasteiger partial charge in [0.25, 0.3) is 0 Å². The third-order valence-corrected chi connectivity index (χ3v) is 5.17. The number of halogens is 1. The lowest BCUT2D eigenvalue weighted by atomic mass is 9.99. The standard InChI is InChI=1S/C22H21ClN4O2/c1-14-24-20-11-12-27(22(28)26-17-7-5-16(23)6-8-17)13-19(20)21(25-14)15-3-9-18(29-2)10-4-15/h3-10H,11-13H2,1-2H3,(H,26,28). The molecule has 1 aliphatic rings. The van der Waals surface area contributed by atoms with Crippen LogP contribution in [0.4, 0.5) is 10.5 Å². The van der Waals surface area contributed by atoms with Crippen LogP contribution in [0, 0.1) is 6.92 Å². The van der Waals surface area contributed by atoms with Crippen LogP contribution in [0.25, 0.3) is 11.3 Å². The van der Waals surface area contributed by atoms with Crippen LogP contribution in [0.15, 0.2) is 48.5 Å². The number of fused-ring (bicyclic) bond motifs is 1. The number of carbonyl (C=O) groups is 1. The molecular weight excluding hydrogens is 388 g/mol. The number of amides is 2. The molecule has 0 saturated heterocycles. The zero-order valence-electron chi connectivity index (χ0n) is 16.3. The Bertz CT molecular complexity index is 1040. The molecule has 29 heavy (non-hydrogen) atoms. The average Bonchev–Trinajstić information content (AvgIpc) is 2.74. The normalized spacial score (nSPS) is 13.0. The first-order chi connectivity index (χ1) is 14.0. The highest BCUT2D eigenvalue weighted by Crippen LogP contribution is 2.29. The highest BCUT2D eigenvalue weighted by molar-refractivity contribution is 6.30. The van der Waals surface area contributed by atoms with Gasteiger partial charge in [-0.2, -0.15) is 0 Å². The molecule has 148 valence electrons. The Hall–Kier alpha value is -3.12. The van der Waals surface area contributed by atoms with Gasteiger partial charge in [-0.3, -0.25) is 0 Å². The number of aryl methyl sites for hydroxylation is 1. The van der Waals surface area contributed by atoms with Gasteiger partial charge in [0.1, 0.15) is 11.6 Å². The summed E-state index contributed by atoms with van der Waals surface area (Å²) in [6.45, 7) is 2.95. The van der Waals surface area contributed by atoms with Crippen LogP contribution in [0.2, 0.25) is 5.02 Å². The van der Waals surface area contributed by atoms with Crippen LogP contribution in [0.3, 0.4) is 0 Å². The molecule has 0 unspecified atom stereocenters. The molecule has 3 aromatic rings. The molecule has 0 atom stereocenters. The number of ether oxygens (including phenoxy) is 1. The Kier molecular flexibility index (Phi) is 5.36. The molecule has 0 aliphatic carbocycles. The van der Waals surface area contributed by atoms with Crippen LogP contribution in [0.5, 0.6) is 5.75 Å². The predicted octanol–water partition coefficient (Wildman–Crippen LogP) is 4.70. The second-order valence-electron chi connectivity index (χ2n) is 6.88. The fourth-order valence-corrected chi connectivity index (χ4v) is 3.56. The highest BCUT2D eigenvalue weighted by Gasteiger charge is 2.25. The van der Waals surface area contributed by atoms with E-state index >= 15 is 0 Å². The largest absolute Gasteiger partial charge is 0.497 e. The SMILES string of the molecule is COc1ccc(-c2nc(C)nc3c2CN(C(=O)Nc2ccc(Cl)cc2)CC3)cc1. The lowest BCUT2D eigenvalue weighted by Gasteiger charge is -2.29. The van der Waals surface area contributed by atoms with Crippen molar-refractivity contribution in [1.29, 1.82) is 0 Å². The van der Waals surface area contributed by atoms with Crippen LogP contribution in [-0.4, -0.2) is 34.6 Å². The maximum absolute atomic E-state index is 12.8. The molecule has 1 aliphatic heterocycles. The Morgan fingerprint density at radius 1 is 1.10 bits per heavy atom. The summed E-state index contributed by atoms with van der Waals surface area (Å²) in [5.74, 6) is 1.52. The van der Waals surface area contributed by atoms with Crippen LogP contribution in [-0.2, 0) is 13.0 Å². The lowest BCUT2D eigenvalue weighted by molar-refractivity contribution is 0.206. The Morgan fingerprint density at radius 2 is 1.83 bits per heavy atom. The van der Waals surface area contributed by atoms with Gasteiger partial charge in [-0.05, 0) is 55.5 Å². The summed E-state index contributed by atoms with van der Waals surface area (Å²) >= 11 is 5.92. The minimum absolute atomic E-state index is 0.153. The minimum Gasteiger partial charge on any atom is -0.497 e. The number of benzene rings is 2. The van der Waals surface area contributed by atoms with Crippen LogP contribution < -0.4 is 10.1 Å². The van der Waals surface area contributed by atoms with E-state index in [1.807, 2.05) is 31.2 Å². The molecule has 6 nitrogen and oxygen atoms in total. The maximum atomic E-state index is 12.8. The number of hydrogen-bond donors (Lipinski definition) is 1. The van der Waals surface area contributed by atoms with E-state index in [0.717, 1.165) is 34.1 Å². The molecule has 2 aromatic carbocycles. The highest BCUT2D eigenvalue weighted by atomic mass is 35.5. The van der Waals surface area contributed by atoms with E-state index in [9.17, 15) is 4.79 Å². The Balaban J connectivity index is 1.60. The molecule has 2 heterocycles. The first-order valence-corrected chi connectivity index (χ1v) is 9.73. The average molecular weight is 409 g/mol. The van der Waals surface area contributed by atoms with E-state index in [1.54, 1.807) is 36.3 Å². The molecule has 0 saturated carbocycles. The molecule has 1 N–H and O–H groups in total. The molecule has 1 aromatic heterocycles. The number of aromatic nitrogens is 2. The van der Waals surface area contributed by atoms with Gasteiger partial charge in [0.2, 0.25) is 0 Å². The Morgan fingerprint density at radius 3 is 2.52 bits per heavy atom. The number of nitrogens with zero attached hydrogens (tertiary/aromatic N) is 3. The molecule has 0 bridgehead atoms. The van der Waals surface area contributed by atoms with Crippen molar-refractivity contribution in [2.45, 2.75) is 19.9 Å². The maximum Gasteiger partial charge on any atom is 0.322 e. The monoisotopic (exact) mass is 408 g/mol. The van der Waals surface area contributed by atoms with Crippen LogP contribution >= 0.6 is 11.6 Å². The first kappa shape index (κ1) is 19.2. The second kappa shape index (κ2) is 8.09. The third kappa shape index (κ3) is 4.17. The van der Waals surface area contributed by atoms with Gasteiger partial charge in [0, 0.05) is 34.8 Å². The van der Waals surface area contributed by atoms with Gasteiger partial charge < -0.3 is 15.0 Å². The summed E-state index contributed by atoms with van der Waals surface area (Å²) in [4.78, 5) is 23.9. The Labute approximate surface area is 174 Å². The summed E-state index contributed by atoms with van der Waals surface area (Å²) in [5, 5.41) is 3.56. The fourth-order valence-electron chi connectivity index (χ4n) is 3.43. The van der Waals surface area contributed by atoms with Gasteiger partial charge in [0.05, 0.1) is 25.0 Å². The van der Waals surface area contributed by atoms with Gasteiger partial charge in [-0.15, -0.1) is 0 Å². The van der Waals surface area contributed by atoms with Crippen molar-refractivity contribution in [3.05, 3.63) is 70.6 Å². The number of anilines is 1. The third-order valence-electron chi connectivity index (χ3n) is 4.92. The van der Waals surface area contributed by atoms with Crippen molar-refractivity contribution < 1.29 is 9.53 Å². The molecule has 2 amide bonds. The van der Waals surface area contributed by atoms with Crippen LogP contribution in [0.1, 0.15) is 17.1 Å². The van der Waals surface area contributed by atoms with E-state index in [2.05, 4.69) is 15.3 Å². The second-order valence-corrected chi connectivity index (χ2v) is 7.32. The number of hydrogen-bond acceptors (Lipinski definition) is 4. The summed E-state index contributed by atoms with van der Waals surface area (Å²) in [6.07, 6.45) is 0.690. The summed E-state index contributed by atoms with van der Waals surface area (Å²) in [7, 11) is 1.64. The van der Waals surface area contributed by atoms with Gasteiger partial charge in [0.15, 0.2) is 0 Å². The minimum atomic E-state index is -0.153. The molecular formula is C22H21ClN4O2. The summed E-state index contributed by atoms with van der Waals surface area (Å²) in [6, 6.07) is 14.7. The van der Waals surface area contributed by atoms with Gasteiger partial charge >= 0.3 is 6.03 Å². The van der Waals surface area contributed by atoms with E-state index in [0.29, 0.717) is 30.2 Å². The molecule has 7 heteroatoms. The molecule has 0 radical (unpaired) electrons. The van der Waals surface area contributed by atoms with Gasteiger partial charge in [-0.1, -0.05) is 11.6 Å². The quantitative estimate of drug-likeness (QED) is 0.681. The zero-order chi connectivity index (χ0) is 20.4.